The second-order valence-electron chi connectivity index (χ2n) is 4.53. The van der Waals surface area contributed by atoms with Gasteiger partial charge in [-0.05, 0) is 33.1 Å². The lowest BCUT2D eigenvalue weighted by Crippen LogP contribution is -2.50. The SMILES string of the molecule is CCOC(=O)C(CC(C)CBr)(C(=O)OCC)C(=O)OCC. The molecule has 0 bridgehead atoms. The van der Waals surface area contributed by atoms with E-state index in [-0.39, 0.29) is 32.2 Å². The lowest BCUT2D eigenvalue weighted by atomic mass is 9.79. The van der Waals surface area contributed by atoms with Crippen LogP contribution >= 0.6 is 15.9 Å². The standard InChI is InChI=1S/C14H23BrO6/c1-5-19-11(16)14(8-10(4)9-15,12(17)20-6-2)13(18)21-7-3/h10H,5-9H2,1-4H3. The van der Waals surface area contributed by atoms with E-state index >= 15 is 0 Å². The molecule has 0 amide bonds. The maximum absolute atomic E-state index is 12.3. The number of alkyl halides is 1. The molecule has 0 rings (SSSR count). The van der Waals surface area contributed by atoms with Crippen molar-refractivity contribution in [1.82, 2.24) is 0 Å². The van der Waals surface area contributed by atoms with Gasteiger partial charge in [-0.15, -0.1) is 0 Å². The van der Waals surface area contributed by atoms with Crippen LogP contribution in [0, 0.1) is 11.3 Å². The molecule has 0 aliphatic carbocycles. The molecule has 122 valence electrons. The quantitative estimate of drug-likeness (QED) is 0.269. The van der Waals surface area contributed by atoms with Gasteiger partial charge in [0.05, 0.1) is 19.8 Å². The maximum atomic E-state index is 12.3. The zero-order valence-corrected chi connectivity index (χ0v) is 14.5. The number of halogens is 1. The minimum absolute atomic E-state index is 0.0330. The van der Waals surface area contributed by atoms with E-state index in [1.54, 1.807) is 27.7 Å². The maximum Gasteiger partial charge on any atom is 0.335 e. The summed E-state index contributed by atoms with van der Waals surface area (Å²) in [5.41, 5.74) is -2.06. The van der Waals surface area contributed by atoms with E-state index in [2.05, 4.69) is 15.9 Å². The molecule has 0 saturated heterocycles. The second-order valence-corrected chi connectivity index (χ2v) is 5.18. The molecule has 0 aromatic carbocycles. The normalized spacial score (nSPS) is 12.4. The van der Waals surface area contributed by atoms with E-state index in [0.717, 1.165) is 0 Å². The highest BCUT2D eigenvalue weighted by Gasteiger charge is 2.57. The van der Waals surface area contributed by atoms with Crippen LogP contribution in [0.4, 0.5) is 0 Å². The van der Waals surface area contributed by atoms with E-state index < -0.39 is 23.3 Å². The summed E-state index contributed by atoms with van der Waals surface area (Å²) >= 11 is 3.28. The van der Waals surface area contributed by atoms with Gasteiger partial charge in [0.25, 0.3) is 5.41 Å². The molecule has 0 N–H and O–H groups in total. The summed E-state index contributed by atoms with van der Waals surface area (Å²) in [4.78, 5) is 36.9. The van der Waals surface area contributed by atoms with Crippen molar-refractivity contribution in [3.63, 3.8) is 0 Å². The molecule has 0 spiro atoms. The van der Waals surface area contributed by atoms with Gasteiger partial charge < -0.3 is 14.2 Å². The van der Waals surface area contributed by atoms with E-state index in [4.69, 9.17) is 14.2 Å². The molecule has 0 aliphatic rings. The smallest absolute Gasteiger partial charge is 0.335 e. The Labute approximate surface area is 133 Å². The van der Waals surface area contributed by atoms with E-state index in [9.17, 15) is 14.4 Å². The van der Waals surface area contributed by atoms with Crippen LogP contribution in [0.5, 0.6) is 0 Å². The third-order valence-electron chi connectivity index (χ3n) is 2.79. The first-order valence-corrected chi connectivity index (χ1v) is 8.10. The van der Waals surface area contributed by atoms with Crippen LogP contribution in [0.1, 0.15) is 34.1 Å². The van der Waals surface area contributed by atoms with E-state index in [0.29, 0.717) is 5.33 Å². The van der Waals surface area contributed by atoms with Crippen molar-refractivity contribution in [3.8, 4) is 0 Å². The van der Waals surface area contributed by atoms with Gasteiger partial charge in [0, 0.05) is 5.33 Å². The highest BCUT2D eigenvalue weighted by molar-refractivity contribution is 9.09. The van der Waals surface area contributed by atoms with Crippen molar-refractivity contribution in [1.29, 1.82) is 0 Å². The Bertz CT molecular complexity index is 323. The Morgan fingerprint density at radius 2 is 1.24 bits per heavy atom. The van der Waals surface area contributed by atoms with Gasteiger partial charge in [-0.1, -0.05) is 22.9 Å². The largest absolute Gasteiger partial charge is 0.465 e. The van der Waals surface area contributed by atoms with Gasteiger partial charge in [-0.2, -0.15) is 0 Å². The molecule has 21 heavy (non-hydrogen) atoms. The van der Waals surface area contributed by atoms with Crippen molar-refractivity contribution < 1.29 is 28.6 Å². The number of ether oxygens (including phenoxy) is 3. The van der Waals surface area contributed by atoms with Crippen LogP contribution in [-0.4, -0.2) is 43.1 Å². The highest BCUT2D eigenvalue weighted by Crippen LogP contribution is 2.33. The van der Waals surface area contributed by atoms with Crippen molar-refractivity contribution in [2.24, 2.45) is 11.3 Å². The van der Waals surface area contributed by atoms with Gasteiger partial charge in [-0.25, -0.2) is 0 Å². The molecule has 1 atom stereocenters. The van der Waals surface area contributed by atoms with Crippen LogP contribution in [0.3, 0.4) is 0 Å². The molecule has 0 saturated carbocycles. The monoisotopic (exact) mass is 366 g/mol. The molecule has 0 radical (unpaired) electrons. The van der Waals surface area contributed by atoms with Crippen molar-refractivity contribution >= 4 is 33.8 Å². The average Bonchev–Trinajstić information content (AvgIpc) is 2.44. The minimum Gasteiger partial charge on any atom is -0.465 e. The van der Waals surface area contributed by atoms with Gasteiger partial charge >= 0.3 is 17.9 Å². The Hall–Kier alpha value is -1.11. The zero-order valence-electron chi connectivity index (χ0n) is 12.9. The molecule has 0 aliphatic heterocycles. The first-order chi connectivity index (χ1) is 9.90. The average molecular weight is 367 g/mol. The van der Waals surface area contributed by atoms with Crippen LogP contribution in [-0.2, 0) is 28.6 Å². The fourth-order valence-electron chi connectivity index (χ4n) is 1.84. The Morgan fingerprint density at radius 1 is 0.905 bits per heavy atom. The zero-order chi connectivity index (χ0) is 16.5. The highest BCUT2D eigenvalue weighted by atomic mass is 79.9. The summed E-state index contributed by atoms with van der Waals surface area (Å²) in [6.07, 6.45) is -0.0330. The summed E-state index contributed by atoms with van der Waals surface area (Å²) in [5, 5.41) is 0.521. The number of hydrogen-bond donors (Lipinski definition) is 0. The molecule has 1 unspecified atom stereocenters. The molecule has 7 heteroatoms. The lowest BCUT2D eigenvalue weighted by molar-refractivity contribution is -0.185. The summed E-state index contributed by atoms with van der Waals surface area (Å²) < 4.78 is 14.8. The second kappa shape index (κ2) is 9.76. The fraction of sp³-hybridized carbons (Fsp3) is 0.786. The lowest BCUT2D eigenvalue weighted by Gasteiger charge is -2.28. The van der Waals surface area contributed by atoms with Crippen LogP contribution < -0.4 is 0 Å². The third-order valence-corrected chi connectivity index (χ3v) is 3.90. The van der Waals surface area contributed by atoms with Gasteiger partial charge in [0.1, 0.15) is 0 Å². The Balaban J connectivity index is 5.74. The third kappa shape index (κ3) is 4.98. The number of hydrogen-bond acceptors (Lipinski definition) is 6. The predicted molar refractivity (Wildman–Crippen MR) is 79.9 cm³/mol. The molecule has 6 nitrogen and oxygen atoms in total. The van der Waals surface area contributed by atoms with Gasteiger partial charge in [0.15, 0.2) is 0 Å². The summed E-state index contributed by atoms with van der Waals surface area (Å²) in [7, 11) is 0. The number of carbonyl (C=O) groups excluding carboxylic acids is 3. The van der Waals surface area contributed by atoms with Crippen LogP contribution in [0.2, 0.25) is 0 Å². The number of carbonyl (C=O) groups is 3. The van der Waals surface area contributed by atoms with E-state index in [1.807, 2.05) is 0 Å². The summed E-state index contributed by atoms with van der Waals surface area (Å²) in [6.45, 7) is 6.79. The number of esters is 3. The Morgan fingerprint density at radius 3 is 1.48 bits per heavy atom. The molecule has 0 aromatic heterocycles. The van der Waals surface area contributed by atoms with Gasteiger partial charge in [-0.3, -0.25) is 14.4 Å². The predicted octanol–water partition coefficient (Wildman–Crippen LogP) is 2.08. The van der Waals surface area contributed by atoms with E-state index in [1.165, 1.54) is 0 Å². The first-order valence-electron chi connectivity index (χ1n) is 6.98. The van der Waals surface area contributed by atoms with Crippen molar-refractivity contribution in [3.05, 3.63) is 0 Å². The van der Waals surface area contributed by atoms with Crippen molar-refractivity contribution in [2.45, 2.75) is 34.1 Å². The fourth-order valence-corrected chi connectivity index (χ4v) is 2.07. The summed E-state index contributed by atoms with van der Waals surface area (Å²) in [6, 6.07) is 0. The van der Waals surface area contributed by atoms with Crippen molar-refractivity contribution in [2.75, 3.05) is 25.2 Å². The molecular formula is C14H23BrO6. The molecule has 0 heterocycles. The number of rotatable bonds is 9. The molecule has 0 aromatic rings. The molecular weight excluding hydrogens is 344 g/mol. The first kappa shape index (κ1) is 19.9. The van der Waals surface area contributed by atoms with Crippen LogP contribution in [0.15, 0.2) is 0 Å². The topological polar surface area (TPSA) is 78.9 Å². The van der Waals surface area contributed by atoms with Gasteiger partial charge in [0.2, 0.25) is 0 Å². The van der Waals surface area contributed by atoms with Crippen LogP contribution in [0.25, 0.3) is 0 Å². The minimum atomic E-state index is -2.06. The molecule has 0 fully saturated rings. The summed E-state index contributed by atoms with van der Waals surface area (Å²) in [5.74, 6) is -2.89. The Kier molecular flexibility index (Phi) is 9.24.